The van der Waals surface area contributed by atoms with E-state index in [1.165, 1.54) is 0 Å². The minimum atomic E-state index is 0.144. The smallest absolute Gasteiger partial charge is 0.228 e. The van der Waals surface area contributed by atoms with Gasteiger partial charge in [-0.15, -0.1) is 0 Å². The third kappa shape index (κ3) is 3.36. The maximum atomic E-state index is 11.9. The van der Waals surface area contributed by atoms with E-state index in [0.717, 1.165) is 25.3 Å². The normalized spacial score (nSPS) is 21.9. The number of amides is 1. The quantitative estimate of drug-likeness (QED) is 0.788. The molecule has 1 amide bonds. The number of hydrogen-bond acceptors (Lipinski definition) is 3. The molecule has 4 heteroatoms. The van der Waals surface area contributed by atoms with Gasteiger partial charge in [-0.25, -0.2) is 0 Å². The minimum absolute atomic E-state index is 0.144. The Morgan fingerprint density at radius 2 is 2.38 bits per heavy atom. The Bertz CT molecular complexity index is 316. The zero-order chi connectivity index (χ0) is 12.1. The van der Waals surface area contributed by atoms with Gasteiger partial charge >= 0.3 is 0 Å². The van der Waals surface area contributed by atoms with Gasteiger partial charge in [0.15, 0.2) is 0 Å². The zero-order valence-corrected chi connectivity index (χ0v) is 10.4. The van der Waals surface area contributed by atoms with Crippen LogP contribution in [-0.4, -0.2) is 29.7 Å². The van der Waals surface area contributed by atoms with Crippen molar-refractivity contribution in [2.45, 2.75) is 33.6 Å². The summed E-state index contributed by atoms with van der Waals surface area (Å²) in [6, 6.07) is 0. The fraction of sp³-hybridized carbons (Fsp3) is 0.667. The molecule has 90 valence electrons. The molecule has 0 bridgehead atoms. The zero-order valence-electron chi connectivity index (χ0n) is 10.4. The van der Waals surface area contributed by atoms with E-state index in [-0.39, 0.29) is 5.91 Å². The molecule has 1 atom stereocenters. The molecule has 16 heavy (non-hydrogen) atoms. The van der Waals surface area contributed by atoms with Gasteiger partial charge in [-0.1, -0.05) is 13.8 Å². The van der Waals surface area contributed by atoms with E-state index < -0.39 is 0 Å². The summed E-state index contributed by atoms with van der Waals surface area (Å²) in [6.45, 7) is 7.44. The van der Waals surface area contributed by atoms with Gasteiger partial charge < -0.3 is 5.73 Å². The molecular formula is C12H21N3O. The van der Waals surface area contributed by atoms with Crippen molar-refractivity contribution in [2.24, 2.45) is 16.6 Å². The topological polar surface area (TPSA) is 58.7 Å². The molecule has 1 rings (SSSR count). The second-order valence-corrected chi connectivity index (χ2v) is 4.45. The lowest BCUT2D eigenvalue weighted by atomic mass is 10.1. The summed E-state index contributed by atoms with van der Waals surface area (Å²) in [4.78, 5) is 18.1. The molecule has 1 aliphatic heterocycles. The fourth-order valence-corrected chi connectivity index (χ4v) is 1.70. The second-order valence-electron chi connectivity index (χ2n) is 4.45. The summed E-state index contributed by atoms with van der Waals surface area (Å²) >= 11 is 0. The molecule has 0 radical (unpaired) electrons. The van der Waals surface area contributed by atoms with Crippen molar-refractivity contribution in [3.63, 3.8) is 0 Å². The van der Waals surface area contributed by atoms with Crippen molar-refractivity contribution in [3.8, 4) is 0 Å². The van der Waals surface area contributed by atoms with E-state index in [1.54, 1.807) is 11.0 Å². The van der Waals surface area contributed by atoms with Crippen molar-refractivity contribution in [3.05, 3.63) is 11.8 Å². The highest BCUT2D eigenvalue weighted by Gasteiger charge is 2.23. The molecule has 4 nitrogen and oxygen atoms in total. The highest BCUT2D eigenvalue weighted by Crippen LogP contribution is 2.12. The minimum Gasteiger partial charge on any atom is -0.402 e. The van der Waals surface area contributed by atoms with Crippen LogP contribution in [0.1, 0.15) is 33.6 Å². The molecule has 0 aromatic heterocycles. The van der Waals surface area contributed by atoms with E-state index >= 15 is 0 Å². The van der Waals surface area contributed by atoms with Gasteiger partial charge in [0.05, 0.1) is 0 Å². The molecule has 0 saturated heterocycles. The molecule has 1 heterocycles. The van der Waals surface area contributed by atoms with Crippen molar-refractivity contribution in [2.75, 3.05) is 13.1 Å². The van der Waals surface area contributed by atoms with Crippen molar-refractivity contribution >= 4 is 11.7 Å². The van der Waals surface area contributed by atoms with Gasteiger partial charge in [0.2, 0.25) is 5.91 Å². The monoisotopic (exact) mass is 223 g/mol. The van der Waals surface area contributed by atoms with Gasteiger partial charge in [-0.05, 0) is 25.3 Å². The summed E-state index contributed by atoms with van der Waals surface area (Å²) in [5.74, 6) is 1.29. The first-order valence-electron chi connectivity index (χ1n) is 5.83. The number of nitrogens with two attached hydrogens (primary N) is 1. The van der Waals surface area contributed by atoms with E-state index in [1.807, 2.05) is 13.8 Å². The maximum absolute atomic E-state index is 11.9. The van der Waals surface area contributed by atoms with Crippen LogP contribution < -0.4 is 5.73 Å². The number of aliphatic imine (C=N–C) groups is 1. The second kappa shape index (κ2) is 5.68. The Kier molecular flexibility index (Phi) is 4.52. The van der Waals surface area contributed by atoms with Crippen LogP contribution >= 0.6 is 0 Å². The highest BCUT2D eigenvalue weighted by molar-refractivity contribution is 6.04. The summed E-state index contributed by atoms with van der Waals surface area (Å²) < 4.78 is 0. The molecule has 0 aliphatic carbocycles. The number of hydrogen-bond donors (Lipinski definition) is 1. The standard InChI is InChI=1S/C12H21N3O/c1-4-5-12(16)15-8-9(2)7-14-11(15)6-10(3)13/h6,9H,4-5,7-8,13H2,1-3H3. The highest BCUT2D eigenvalue weighted by atomic mass is 16.2. The number of carbonyl (C=O) groups excluding carboxylic acids is 1. The summed E-state index contributed by atoms with van der Waals surface area (Å²) in [5, 5.41) is 0. The maximum Gasteiger partial charge on any atom is 0.228 e. The molecular weight excluding hydrogens is 202 g/mol. The van der Waals surface area contributed by atoms with Crippen molar-refractivity contribution < 1.29 is 4.79 Å². The van der Waals surface area contributed by atoms with Crippen LogP contribution in [0.5, 0.6) is 0 Å². The molecule has 1 aliphatic rings. The largest absolute Gasteiger partial charge is 0.402 e. The first-order chi connectivity index (χ1) is 7.54. The van der Waals surface area contributed by atoms with Crippen LogP contribution in [0.2, 0.25) is 0 Å². The average molecular weight is 223 g/mol. The predicted octanol–water partition coefficient (Wildman–Crippen LogP) is 1.53. The van der Waals surface area contributed by atoms with Crippen molar-refractivity contribution in [1.82, 2.24) is 4.90 Å². The third-order valence-electron chi connectivity index (χ3n) is 2.46. The van der Waals surface area contributed by atoms with E-state index in [0.29, 0.717) is 18.0 Å². The van der Waals surface area contributed by atoms with Gasteiger partial charge in [0.1, 0.15) is 5.84 Å². The third-order valence-corrected chi connectivity index (χ3v) is 2.46. The number of amidine groups is 1. The number of allylic oxidation sites excluding steroid dienone is 1. The molecule has 0 spiro atoms. The predicted molar refractivity (Wildman–Crippen MR) is 66.0 cm³/mol. The Labute approximate surface area is 97.2 Å². The number of nitrogens with zero attached hydrogens (tertiary/aromatic N) is 2. The lowest BCUT2D eigenvalue weighted by Gasteiger charge is -2.29. The first-order valence-corrected chi connectivity index (χ1v) is 5.83. The van der Waals surface area contributed by atoms with E-state index in [9.17, 15) is 4.79 Å². The van der Waals surface area contributed by atoms with Crippen LogP contribution in [0.15, 0.2) is 16.8 Å². The fourth-order valence-electron chi connectivity index (χ4n) is 1.70. The average Bonchev–Trinajstić information content (AvgIpc) is 2.20. The van der Waals surface area contributed by atoms with Gasteiger partial charge in [-0.2, -0.15) is 0 Å². The Morgan fingerprint density at radius 3 is 2.94 bits per heavy atom. The number of rotatable bonds is 3. The van der Waals surface area contributed by atoms with Crippen LogP contribution in [0.25, 0.3) is 0 Å². The number of carbonyl (C=O) groups is 1. The molecule has 0 aromatic carbocycles. The van der Waals surface area contributed by atoms with Gasteiger partial charge in [0.25, 0.3) is 0 Å². The summed E-state index contributed by atoms with van der Waals surface area (Å²) in [7, 11) is 0. The van der Waals surface area contributed by atoms with Crippen LogP contribution in [0, 0.1) is 5.92 Å². The Balaban J connectivity index is 2.85. The summed E-state index contributed by atoms with van der Waals surface area (Å²) in [6.07, 6.45) is 3.21. The molecule has 2 N–H and O–H groups in total. The van der Waals surface area contributed by atoms with Crippen molar-refractivity contribution in [1.29, 1.82) is 0 Å². The Morgan fingerprint density at radius 1 is 1.69 bits per heavy atom. The molecule has 1 unspecified atom stereocenters. The van der Waals surface area contributed by atoms with Crippen LogP contribution in [-0.2, 0) is 4.79 Å². The van der Waals surface area contributed by atoms with Crippen LogP contribution in [0.4, 0.5) is 0 Å². The first kappa shape index (κ1) is 12.7. The van der Waals surface area contributed by atoms with Gasteiger partial charge in [-0.3, -0.25) is 14.7 Å². The molecule has 0 saturated carbocycles. The molecule has 0 aromatic rings. The Hall–Kier alpha value is -1.32. The van der Waals surface area contributed by atoms with Gasteiger partial charge in [0, 0.05) is 25.2 Å². The van der Waals surface area contributed by atoms with E-state index in [2.05, 4.69) is 11.9 Å². The van der Waals surface area contributed by atoms with Crippen LogP contribution in [0.3, 0.4) is 0 Å². The SMILES string of the molecule is CCCC(=O)N1CC(C)CN=C1C=C(C)N. The summed E-state index contributed by atoms with van der Waals surface area (Å²) in [5.41, 5.74) is 6.32. The van der Waals surface area contributed by atoms with E-state index in [4.69, 9.17) is 5.73 Å². The molecule has 0 fully saturated rings. The lowest BCUT2D eigenvalue weighted by Crippen LogP contribution is -2.43. The lowest BCUT2D eigenvalue weighted by molar-refractivity contribution is -0.128.